The third-order valence-corrected chi connectivity index (χ3v) is 7.20. The zero-order valence-electron chi connectivity index (χ0n) is 16.0. The molecule has 4 aliphatic carbocycles. The lowest BCUT2D eigenvalue weighted by Crippen LogP contribution is -2.48. The van der Waals surface area contributed by atoms with Gasteiger partial charge < -0.3 is 10.2 Å². The number of rotatable bonds is 5. The van der Waals surface area contributed by atoms with Gasteiger partial charge in [0, 0.05) is 29.9 Å². The number of aliphatic carboxylic acids is 1. The number of phenols is 1. The number of carbonyl (C=O) groups is 1. The fourth-order valence-corrected chi connectivity index (χ4v) is 6.42. The summed E-state index contributed by atoms with van der Waals surface area (Å²) < 4.78 is 0. The minimum absolute atomic E-state index is 0.0814. The number of benzene rings is 1. The van der Waals surface area contributed by atoms with E-state index in [2.05, 4.69) is 16.0 Å². The number of aryl methyl sites for hydroxylation is 1. The largest absolute Gasteiger partial charge is 0.508 e. The van der Waals surface area contributed by atoms with Crippen molar-refractivity contribution in [1.29, 1.82) is 0 Å². The van der Waals surface area contributed by atoms with Gasteiger partial charge in [0.15, 0.2) is 5.82 Å². The molecule has 0 saturated heterocycles. The SMILES string of the molecule is O=C(O)CCc1cnc(-c2ccc(O)c(C34CC5CC(CC(C5)C3)C4)c2)nc1. The molecule has 0 amide bonds. The lowest BCUT2D eigenvalue weighted by Gasteiger charge is -2.57. The Morgan fingerprint density at radius 3 is 2.21 bits per heavy atom. The van der Waals surface area contributed by atoms with Crippen LogP contribution >= 0.6 is 0 Å². The van der Waals surface area contributed by atoms with Crippen molar-refractivity contribution in [1.82, 2.24) is 9.97 Å². The fourth-order valence-electron chi connectivity index (χ4n) is 6.42. The molecule has 0 unspecified atom stereocenters. The van der Waals surface area contributed by atoms with Crippen molar-refractivity contribution in [2.75, 3.05) is 0 Å². The molecule has 4 saturated carbocycles. The molecule has 0 radical (unpaired) electrons. The lowest BCUT2D eigenvalue weighted by molar-refractivity contribution is -0.136. The van der Waals surface area contributed by atoms with E-state index in [1.807, 2.05) is 6.07 Å². The minimum Gasteiger partial charge on any atom is -0.508 e. The predicted molar refractivity (Wildman–Crippen MR) is 105 cm³/mol. The molecular weight excluding hydrogens is 352 g/mol. The van der Waals surface area contributed by atoms with E-state index in [9.17, 15) is 9.90 Å². The molecule has 4 aliphatic rings. The first-order valence-electron chi connectivity index (χ1n) is 10.4. The normalized spacial score (nSPS) is 30.5. The second kappa shape index (κ2) is 6.57. The molecule has 2 aromatic rings. The van der Waals surface area contributed by atoms with E-state index in [0.717, 1.165) is 34.4 Å². The maximum atomic E-state index is 10.7. The maximum Gasteiger partial charge on any atom is 0.303 e. The second-order valence-electron chi connectivity index (χ2n) is 9.24. The van der Waals surface area contributed by atoms with Gasteiger partial charge in [0.25, 0.3) is 0 Å². The highest BCUT2D eigenvalue weighted by molar-refractivity contribution is 5.67. The summed E-state index contributed by atoms with van der Waals surface area (Å²) in [7, 11) is 0. The van der Waals surface area contributed by atoms with Gasteiger partial charge in [0.2, 0.25) is 0 Å². The Labute approximate surface area is 164 Å². The molecule has 0 aliphatic heterocycles. The molecule has 0 atom stereocenters. The van der Waals surface area contributed by atoms with Gasteiger partial charge in [-0.15, -0.1) is 0 Å². The predicted octanol–water partition coefficient (Wildman–Crippen LogP) is 4.33. The minimum atomic E-state index is -0.817. The second-order valence-corrected chi connectivity index (χ2v) is 9.24. The Morgan fingerprint density at radius 1 is 1.04 bits per heavy atom. The number of nitrogens with zero attached hydrogens (tertiary/aromatic N) is 2. The molecular formula is C23H26N2O3. The van der Waals surface area contributed by atoms with Gasteiger partial charge >= 0.3 is 5.97 Å². The molecule has 6 rings (SSSR count). The van der Waals surface area contributed by atoms with Gasteiger partial charge in [-0.25, -0.2) is 9.97 Å². The molecule has 1 aromatic carbocycles. The van der Waals surface area contributed by atoms with E-state index < -0.39 is 5.97 Å². The van der Waals surface area contributed by atoms with Crippen LogP contribution in [-0.4, -0.2) is 26.2 Å². The maximum absolute atomic E-state index is 10.7. The zero-order chi connectivity index (χ0) is 19.3. The molecule has 28 heavy (non-hydrogen) atoms. The standard InChI is InChI=1S/C23H26N2O3/c26-20-3-2-18(22-24-12-14(13-25-22)1-4-21(27)28)8-19(20)23-9-15-5-16(10-23)7-17(6-15)11-23/h2-3,8,12-13,15-17,26H,1,4-7,9-11H2,(H,27,28). The quantitative estimate of drug-likeness (QED) is 0.809. The van der Waals surface area contributed by atoms with Crippen LogP contribution in [0.3, 0.4) is 0 Å². The summed E-state index contributed by atoms with van der Waals surface area (Å²) in [6, 6.07) is 5.78. The third kappa shape index (κ3) is 3.07. The Bertz CT molecular complexity index is 871. The summed E-state index contributed by atoms with van der Waals surface area (Å²) in [4.78, 5) is 19.6. The smallest absolute Gasteiger partial charge is 0.303 e. The Kier molecular flexibility index (Phi) is 4.14. The summed E-state index contributed by atoms with van der Waals surface area (Å²) >= 11 is 0. The van der Waals surface area contributed by atoms with Gasteiger partial charge in [0.05, 0.1) is 0 Å². The Balaban J connectivity index is 1.44. The third-order valence-electron chi connectivity index (χ3n) is 7.20. The van der Waals surface area contributed by atoms with Crippen LogP contribution in [0.1, 0.15) is 56.1 Å². The molecule has 5 nitrogen and oxygen atoms in total. The summed E-state index contributed by atoms with van der Waals surface area (Å²) in [6.45, 7) is 0. The van der Waals surface area contributed by atoms with E-state index in [0.29, 0.717) is 18.0 Å². The molecule has 4 bridgehead atoms. The molecule has 2 N–H and O–H groups in total. The van der Waals surface area contributed by atoms with Crippen molar-refractivity contribution in [3.05, 3.63) is 41.7 Å². The van der Waals surface area contributed by atoms with Gasteiger partial charge in [-0.3, -0.25) is 4.79 Å². The molecule has 5 heteroatoms. The number of carboxylic acids is 1. The molecule has 0 spiro atoms. The van der Waals surface area contributed by atoms with Gasteiger partial charge in [-0.1, -0.05) is 0 Å². The first kappa shape index (κ1) is 17.7. The number of phenolic OH excluding ortho intramolecular Hbond substituents is 1. The lowest BCUT2D eigenvalue weighted by atomic mass is 9.48. The van der Waals surface area contributed by atoms with Crippen LogP contribution in [0.25, 0.3) is 11.4 Å². The van der Waals surface area contributed by atoms with Gasteiger partial charge in [-0.2, -0.15) is 0 Å². The van der Waals surface area contributed by atoms with Crippen LogP contribution in [-0.2, 0) is 16.6 Å². The molecule has 1 aromatic heterocycles. The fraction of sp³-hybridized carbons (Fsp3) is 0.522. The van der Waals surface area contributed by atoms with Gasteiger partial charge in [0.1, 0.15) is 5.75 Å². The van der Waals surface area contributed by atoms with Crippen molar-refractivity contribution in [3.63, 3.8) is 0 Å². The first-order valence-corrected chi connectivity index (χ1v) is 10.4. The van der Waals surface area contributed by atoms with Gasteiger partial charge in [-0.05, 0) is 91.9 Å². The van der Waals surface area contributed by atoms with Crippen molar-refractivity contribution in [2.24, 2.45) is 17.8 Å². The summed E-state index contributed by atoms with van der Waals surface area (Å²) in [6.07, 6.45) is 11.7. The van der Waals surface area contributed by atoms with E-state index >= 15 is 0 Å². The Morgan fingerprint density at radius 2 is 1.64 bits per heavy atom. The molecule has 4 fully saturated rings. The van der Waals surface area contributed by atoms with Crippen molar-refractivity contribution >= 4 is 5.97 Å². The van der Waals surface area contributed by atoms with Crippen LogP contribution in [0, 0.1) is 17.8 Å². The van der Waals surface area contributed by atoms with Crippen molar-refractivity contribution in [3.8, 4) is 17.1 Å². The van der Waals surface area contributed by atoms with E-state index in [1.165, 1.54) is 38.5 Å². The van der Waals surface area contributed by atoms with E-state index in [-0.39, 0.29) is 11.8 Å². The molecule has 146 valence electrons. The number of aromatic nitrogens is 2. The van der Waals surface area contributed by atoms with Crippen LogP contribution < -0.4 is 0 Å². The summed E-state index contributed by atoms with van der Waals surface area (Å²) in [5, 5.41) is 19.5. The number of carboxylic acid groups (broad SMARTS) is 1. The average Bonchev–Trinajstić information content (AvgIpc) is 2.66. The van der Waals surface area contributed by atoms with Crippen molar-refractivity contribution < 1.29 is 15.0 Å². The first-order chi connectivity index (χ1) is 13.5. The number of hydrogen-bond acceptors (Lipinski definition) is 4. The summed E-state index contributed by atoms with van der Waals surface area (Å²) in [5.74, 6) is 2.67. The average molecular weight is 378 g/mol. The topological polar surface area (TPSA) is 83.3 Å². The van der Waals surface area contributed by atoms with Crippen LogP contribution in [0.5, 0.6) is 5.75 Å². The highest BCUT2D eigenvalue weighted by atomic mass is 16.4. The van der Waals surface area contributed by atoms with E-state index in [4.69, 9.17) is 5.11 Å². The Hall–Kier alpha value is -2.43. The van der Waals surface area contributed by atoms with Crippen LogP contribution in [0.4, 0.5) is 0 Å². The highest BCUT2D eigenvalue weighted by Gasteiger charge is 2.52. The zero-order valence-corrected chi connectivity index (χ0v) is 16.0. The van der Waals surface area contributed by atoms with Crippen LogP contribution in [0.15, 0.2) is 30.6 Å². The van der Waals surface area contributed by atoms with Crippen LogP contribution in [0.2, 0.25) is 0 Å². The summed E-state index contributed by atoms with van der Waals surface area (Å²) in [5.41, 5.74) is 2.96. The highest BCUT2D eigenvalue weighted by Crippen LogP contribution is 2.62. The van der Waals surface area contributed by atoms with Crippen molar-refractivity contribution in [2.45, 2.75) is 56.8 Å². The number of aromatic hydroxyl groups is 1. The monoisotopic (exact) mass is 378 g/mol. The van der Waals surface area contributed by atoms with E-state index in [1.54, 1.807) is 18.5 Å². The number of hydrogen-bond donors (Lipinski definition) is 2. The molecule has 1 heterocycles.